The number of benzene rings is 2. The van der Waals surface area contributed by atoms with Crippen molar-refractivity contribution in [1.29, 1.82) is 0 Å². The molecule has 2 heterocycles. The molecule has 0 aliphatic carbocycles. The van der Waals surface area contributed by atoms with E-state index in [1.807, 2.05) is 59.3 Å². The third-order valence-corrected chi connectivity index (χ3v) is 3.88. The number of para-hydroxylation sites is 1. The van der Waals surface area contributed by atoms with Gasteiger partial charge >= 0.3 is 5.97 Å². The summed E-state index contributed by atoms with van der Waals surface area (Å²) < 4.78 is 3.25. The van der Waals surface area contributed by atoms with Gasteiger partial charge in [-0.15, -0.1) is 5.10 Å². The van der Waals surface area contributed by atoms with Gasteiger partial charge in [-0.05, 0) is 23.8 Å². The predicted molar refractivity (Wildman–Crippen MR) is 90.9 cm³/mol. The molecule has 25 heavy (non-hydrogen) atoms. The van der Waals surface area contributed by atoms with Crippen LogP contribution in [0.2, 0.25) is 0 Å². The standard InChI is InChI=1S/C18H13N5O2/c24-18(25)17-11-20-21-23(17)14-7-5-13(6-8-14)15-3-1-2-4-16(15)22-10-9-19-12-22/h1-12H,(H,24,25). The van der Waals surface area contributed by atoms with Crippen molar-refractivity contribution in [3.05, 3.63) is 79.1 Å². The van der Waals surface area contributed by atoms with Gasteiger partial charge < -0.3 is 9.67 Å². The van der Waals surface area contributed by atoms with E-state index in [2.05, 4.69) is 15.3 Å². The van der Waals surface area contributed by atoms with Crippen LogP contribution in [0.4, 0.5) is 0 Å². The maximum Gasteiger partial charge on any atom is 0.356 e. The van der Waals surface area contributed by atoms with Crippen LogP contribution in [0.15, 0.2) is 73.4 Å². The van der Waals surface area contributed by atoms with Crippen molar-refractivity contribution in [1.82, 2.24) is 24.5 Å². The first kappa shape index (κ1) is 14.8. The van der Waals surface area contributed by atoms with Crippen molar-refractivity contribution in [3.63, 3.8) is 0 Å². The zero-order chi connectivity index (χ0) is 17.2. The van der Waals surface area contributed by atoms with E-state index >= 15 is 0 Å². The molecule has 0 amide bonds. The second-order valence-electron chi connectivity index (χ2n) is 5.37. The van der Waals surface area contributed by atoms with Gasteiger partial charge in [0.15, 0.2) is 5.69 Å². The molecule has 0 aliphatic rings. The van der Waals surface area contributed by atoms with Gasteiger partial charge in [-0.2, -0.15) is 0 Å². The first-order chi connectivity index (χ1) is 12.2. The minimum atomic E-state index is -1.07. The molecule has 0 spiro atoms. The first-order valence-corrected chi connectivity index (χ1v) is 7.56. The van der Waals surface area contributed by atoms with Crippen LogP contribution >= 0.6 is 0 Å². The van der Waals surface area contributed by atoms with Crippen molar-refractivity contribution in [2.45, 2.75) is 0 Å². The van der Waals surface area contributed by atoms with E-state index in [4.69, 9.17) is 0 Å². The zero-order valence-corrected chi connectivity index (χ0v) is 13.0. The van der Waals surface area contributed by atoms with Crippen molar-refractivity contribution < 1.29 is 9.90 Å². The van der Waals surface area contributed by atoms with Gasteiger partial charge in [0.1, 0.15) is 0 Å². The summed E-state index contributed by atoms with van der Waals surface area (Å²) in [6.45, 7) is 0. The Morgan fingerprint density at radius 3 is 2.56 bits per heavy atom. The molecule has 2 aromatic heterocycles. The molecule has 1 N–H and O–H groups in total. The highest BCUT2D eigenvalue weighted by molar-refractivity contribution is 5.86. The molecule has 4 aromatic rings. The third kappa shape index (κ3) is 2.67. The molecular weight excluding hydrogens is 318 g/mol. The van der Waals surface area contributed by atoms with Crippen LogP contribution in [0, 0.1) is 0 Å². The number of aromatic nitrogens is 5. The molecule has 0 aliphatic heterocycles. The van der Waals surface area contributed by atoms with Gasteiger partial charge in [0, 0.05) is 18.0 Å². The van der Waals surface area contributed by atoms with Crippen LogP contribution in [0.5, 0.6) is 0 Å². The molecule has 0 unspecified atom stereocenters. The summed E-state index contributed by atoms with van der Waals surface area (Å²) in [4.78, 5) is 15.3. The topological polar surface area (TPSA) is 85.8 Å². The second kappa shape index (κ2) is 6.04. The summed E-state index contributed by atoms with van der Waals surface area (Å²) in [5, 5.41) is 16.7. The second-order valence-corrected chi connectivity index (χ2v) is 5.37. The lowest BCUT2D eigenvalue weighted by molar-refractivity contribution is 0.0687. The monoisotopic (exact) mass is 331 g/mol. The number of nitrogens with zero attached hydrogens (tertiary/aromatic N) is 5. The Morgan fingerprint density at radius 1 is 1.04 bits per heavy atom. The highest BCUT2D eigenvalue weighted by atomic mass is 16.4. The summed E-state index contributed by atoms with van der Waals surface area (Å²) in [5.74, 6) is -1.07. The van der Waals surface area contributed by atoms with Crippen LogP contribution < -0.4 is 0 Å². The number of carboxylic acids is 1. The molecule has 0 saturated heterocycles. The smallest absolute Gasteiger partial charge is 0.356 e. The average molecular weight is 331 g/mol. The van der Waals surface area contributed by atoms with Gasteiger partial charge in [0.05, 0.1) is 23.9 Å². The molecule has 0 bridgehead atoms. The Kier molecular flexibility index (Phi) is 3.59. The highest BCUT2D eigenvalue weighted by Gasteiger charge is 2.13. The van der Waals surface area contributed by atoms with Gasteiger partial charge in [0.2, 0.25) is 0 Å². The van der Waals surface area contributed by atoms with Gasteiger partial charge in [-0.1, -0.05) is 35.5 Å². The Bertz CT molecular complexity index is 1020. The van der Waals surface area contributed by atoms with Crippen LogP contribution in [-0.4, -0.2) is 35.6 Å². The molecule has 122 valence electrons. The lowest BCUT2D eigenvalue weighted by atomic mass is 10.0. The third-order valence-electron chi connectivity index (χ3n) is 3.88. The van der Waals surface area contributed by atoms with E-state index in [1.165, 1.54) is 10.9 Å². The van der Waals surface area contributed by atoms with Crippen molar-refractivity contribution in [2.24, 2.45) is 0 Å². The van der Waals surface area contributed by atoms with E-state index in [0.29, 0.717) is 5.69 Å². The molecule has 0 saturated carbocycles. The summed E-state index contributed by atoms with van der Waals surface area (Å²) in [5.41, 5.74) is 3.72. The van der Waals surface area contributed by atoms with Gasteiger partial charge in [-0.25, -0.2) is 14.5 Å². The van der Waals surface area contributed by atoms with Crippen LogP contribution in [-0.2, 0) is 0 Å². The van der Waals surface area contributed by atoms with Gasteiger partial charge in [0.25, 0.3) is 0 Å². The molecule has 7 heteroatoms. The number of aromatic carboxylic acids is 1. The van der Waals surface area contributed by atoms with Crippen molar-refractivity contribution in [2.75, 3.05) is 0 Å². The summed E-state index contributed by atoms with van der Waals surface area (Å²) in [6, 6.07) is 15.5. The van der Waals surface area contributed by atoms with Crippen LogP contribution in [0.3, 0.4) is 0 Å². The predicted octanol–water partition coefficient (Wildman–Crippen LogP) is 2.82. The molecular formula is C18H13N5O2. The molecule has 0 fully saturated rings. The fourth-order valence-electron chi connectivity index (χ4n) is 2.70. The molecule has 0 radical (unpaired) electrons. The van der Waals surface area contributed by atoms with E-state index in [9.17, 15) is 9.90 Å². The maximum absolute atomic E-state index is 11.2. The fourth-order valence-corrected chi connectivity index (χ4v) is 2.70. The van der Waals surface area contributed by atoms with E-state index < -0.39 is 5.97 Å². The maximum atomic E-state index is 11.2. The van der Waals surface area contributed by atoms with Crippen molar-refractivity contribution in [3.8, 4) is 22.5 Å². The molecule has 7 nitrogen and oxygen atoms in total. The number of hydrogen-bond donors (Lipinski definition) is 1. The highest BCUT2D eigenvalue weighted by Crippen LogP contribution is 2.27. The summed E-state index contributed by atoms with van der Waals surface area (Å²) in [6.07, 6.45) is 6.60. The Hall–Kier alpha value is -3.74. The number of rotatable bonds is 4. The molecule has 4 rings (SSSR count). The minimum Gasteiger partial charge on any atom is -0.476 e. The normalized spacial score (nSPS) is 10.7. The number of carbonyl (C=O) groups is 1. The molecule has 0 atom stereocenters. The van der Waals surface area contributed by atoms with E-state index in [0.717, 1.165) is 16.8 Å². The number of carboxylic acid groups (broad SMARTS) is 1. The quantitative estimate of drug-likeness (QED) is 0.621. The molecule has 2 aromatic carbocycles. The Balaban J connectivity index is 1.75. The van der Waals surface area contributed by atoms with Crippen molar-refractivity contribution >= 4 is 5.97 Å². The van der Waals surface area contributed by atoms with Crippen LogP contribution in [0.25, 0.3) is 22.5 Å². The Labute approximate surface area is 142 Å². The summed E-state index contributed by atoms with van der Waals surface area (Å²) in [7, 11) is 0. The number of imidazole rings is 1. The van der Waals surface area contributed by atoms with E-state index in [1.54, 1.807) is 12.5 Å². The largest absolute Gasteiger partial charge is 0.476 e. The van der Waals surface area contributed by atoms with Gasteiger partial charge in [-0.3, -0.25) is 0 Å². The zero-order valence-electron chi connectivity index (χ0n) is 13.0. The summed E-state index contributed by atoms with van der Waals surface area (Å²) >= 11 is 0. The lowest BCUT2D eigenvalue weighted by Crippen LogP contribution is -2.07. The fraction of sp³-hybridized carbons (Fsp3) is 0. The Morgan fingerprint density at radius 2 is 1.84 bits per heavy atom. The number of hydrogen-bond acceptors (Lipinski definition) is 4. The van der Waals surface area contributed by atoms with Crippen LogP contribution in [0.1, 0.15) is 10.5 Å². The minimum absolute atomic E-state index is 0.0200. The SMILES string of the molecule is O=C(O)c1cnnn1-c1ccc(-c2ccccc2-n2ccnc2)cc1. The average Bonchev–Trinajstić information content (AvgIpc) is 3.34. The van der Waals surface area contributed by atoms with E-state index in [-0.39, 0.29) is 5.69 Å². The first-order valence-electron chi connectivity index (χ1n) is 7.56. The lowest BCUT2D eigenvalue weighted by Gasteiger charge is -2.11.